The number of aromatic hydroxyl groups is 2. The molecular weight excluding hydrogens is 880 g/mol. The molecule has 0 amide bonds. The van der Waals surface area contributed by atoms with Gasteiger partial charge < -0.3 is 39.7 Å². The zero-order chi connectivity index (χ0) is 45.6. The highest BCUT2D eigenvalue weighted by molar-refractivity contribution is 7.86. The summed E-state index contributed by atoms with van der Waals surface area (Å²) in [7, 11) is -8.79. The summed E-state index contributed by atoms with van der Waals surface area (Å²) in [5, 5.41) is 77.9. The molecule has 0 aliphatic heterocycles. The molecule has 0 fully saturated rings. The average molecular weight is 911 g/mol. The van der Waals surface area contributed by atoms with Gasteiger partial charge in [0.15, 0.2) is 17.3 Å². The monoisotopic (exact) mass is 910 g/mol. The lowest BCUT2D eigenvalue weighted by Crippen LogP contribution is -2.04. The number of ether oxygens (including phenoxy) is 3. The third kappa shape index (κ3) is 10.0. The zero-order valence-corrected chi connectivity index (χ0v) is 33.6. The quantitative estimate of drug-likeness (QED) is 0.0367. The van der Waals surface area contributed by atoms with E-state index in [2.05, 4.69) is 35.8 Å². The minimum Gasteiger partial charge on any atom is -0.505 e. The van der Waals surface area contributed by atoms with Crippen LogP contribution in [0, 0.1) is 5.82 Å². The Morgan fingerprint density at radius 1 is 0.714 bits per heavy atom. The summed E-state index contributed by atoms with van der Waals surface area (Å²) in [4.78, 5) is 10.4. The number of carboxylic acids is 1. The number of benzene rings is 5. The van der Waals surface area contributed by atoms with Crippen molar-refractivity contribution in [3.63, 3.8) is 0 Å². The molecule has 0 aliphatic rings. The second-order valence-corrected chi connectivity index (χ2v) is 15.3. The number of hydrogen-bond donors (Lipinski definition) is 7. The Hall–Kier alpha value is -7.49. The van der Waals surface area contributed by atoms with Crippen LogP contribution in [0.2, 0.25) is 0 Å². The van der Waals surface area contributed by atoms with E-state index in [0.717, 1.165) is 36.4 Å². The number of rotatable bonds is 17. The Morgan fingerprint density at radius 2 is 1.30 bits per heavy atom. The average Bonchev–Trinajstić information content (AvgIpc) is 3.58. The van der Waals surface area contributed by atoms with Crippen LogP contribution in [0.5, 0.6) is 28.9 Å². The summed E-state index contributed by atoms with van der Waals surface area (Å²) < 4.78 is 101. The minimum absolute atomic E-state index is 0.0748. The van der Waals surface area contributed by atoms with Crippen molar-refractivity contribution in [1.29, 1.82) is 0 Å². The third-order valence-electron chi connectivity index (χ3n) is 8.41. The summed E-state index contributed by atoms with van der Waals surface area (Å²) in [5.41, 5.74) is -3.40. The molecule has 0 aliphatic carbocycles. The molecule has 6 aromatic rings. The van der Waals surface area contributed by atoms with Crippen LogP contribution in [-0.2, 0) is 20.2 Å². The van der Waals surface area contributed by atoms with Gasteiger partial charge in [-0.15, -0.1) is 30.7 Å². The molecule has 5 aromatic carbocycles. The van der Waals surface area contributed by atoms with Gasteiger partial charge in [-0.1, -0.05) is 12.1 Å². The van der Waals surface area contributed by atoms with E-state index in [-0.39, 0.29) is 69.7 Å². The molecule has 0 bridgehead atoms. The first kappa shape index (κ1) is 45.0. The van der Waals surface area contributed by atoms with Gasteiger partial charge in [-0.3, -0.25) is 9.11 Å². The van der Waals surface area contributed by atoms with Crippen molar-refractivity contribution in [1.82, 2.24) is 9.78 Å². The number of halogens is 1. The van der Waals surface area contributed by atoms with Gasteiger partial charge in [-0.25, -0.2) is 9.18 Å². The molecule has 23 nitrogen and oxygen atoms in total. The molecule has 0 saturated carbocycles. The van der Waals surface area contributed by atoms with Crippen LogP contribution in [0.25, 0.3) is 16.5 Å². The zero-order valence-electron chi connectivity index (χ0n) is 32.0. The van der Waals surface area contributed by atoms with E-state index in [9.17, 15) is 60.7 Å². The number of azo groups is 3. The number of carbonyl (C=O) groups is 1. The van der Waals surface area contributed by atoms with E-state index in [1.165, 1.54) is 49.6 Å². The van der Waals surface area contributed by atoms with Crippen molar-refractivity contribution in [3.8, 4) is 34.6 Å². The maximum atomic E-state index is 14.1. The Labute approximate surface area is 353 Å². The molecule has 0 saturated heterocycles. The fourth-order valence-electron chi connectivity index (χ4n) is 5.58. The van der Waals surface area contributed by atoms with Gasteiger partial charge in [0.05, 0.1) is 26.0 Å². The molecule has 7 N–H and O–H groups in total. The van der Waals surface area contributed by atoms with Crippen molar-refractivity contribution < 1.29 is 74.9 Å². The molecule has 0 spiro atoms. The van der Waals surface area contributed by atoms with Crippen LogP contribution >= 0.6 is 0 Å². The van der Waals surface area contributed by atoms with Crippen molar-refractivity contribution in [2.24, 2.45) is 30.7 Å². The number of fused-ring (bicyclic) bond motifs is 1. The van der Waals surface area contributed by atoms with Gasteiger partial charge in [0.1, 0.15) is 68.7 Å². The van der Waals surface area contributed by atoms with Crippen molar-refractivity contribution in [3.05, 3.63) is 90.4 Å². The van der Waals surface area contributed by atoms with Crippen LogP contribution < -0.4 is 14.2 Å². The Morgan fingerprint density at radius 3 is 1.89 bits per heavy atom. The Balaban J connectivity index is 1.44. The number of aromatic nitrogens is 2. The first-order valence-electron chi connectivity index (χ1n) is 17.6. The summed E-state index contributed by atoms with van der Waals surface area (Å²) in [6.45, 7) is -1.71. The molecule has 1 aromatic heterocycles. The summed E-state index contributed by atoms with van der Waals surface area (Å²) in [6, 6.07) is 15.4. The molecular formula is C37H31FN8O15S2. The van der Waals surface area contributed by atoms with Gasteiger partial charge in [0.25, 0.3) is 20.2 Å². The predicted molar refractivity (Wildman–Crippen MR) is 215 cm³/mol. The largest absolute Gasteiger partial charge is 0.505 e. The highest BCUT2D eigenvalue weighted by atomic mass is 32.2. The van der Waals surface area contributed by atoms with E-state index in [1.807, 2.05) is 0 Å². The van der Waals surface area contributed by atoms with Gasteiger partial charge in [-0.2, -0.15) is 26.6 Å². The smallest absolute Gasteiger partial charge is 0.358 e. The number of aromatic carboxylic acids is 1. The minimum atomic E-state index is -5.23. The first-order chi connectivity index (χ1) is 29.9. The Kier molecular flexibility index (Phi) is 13.3. The third-order valence-corrected chi connectivity index (χ3v) is 10.2. The maximum absolute atomic E-state index is 14.1. The topological polar surface area (TPSA) is 347 Å². The molecule has 328 valence electrons. The molecule has 1 heterocycles. The second-order valence-electron chi connectivity index (χ2n) is 12.5. The number of hydrogen-bond acceptors (Lipinski definition) is 19. The predicted octanol–water partition coefficient (Wildman–Crippen LogP) is 6.76. The lowest BCUT2D eigenvalue weighted by Gasteiger charge is -2.13. The van der Waals surface area contributed by atoms with Gasteiger partial charge >= 0.3 is 5.97 Å². The van der Waals surface area contributed by atoms with Crippen LogP contribution in [0.1, 0.15) is 10.5 Å². The number of nitrogens with zero attached hydrogens (tertiary/aromatic N) is 8. The molecule has 26 heteroatoms. The van der Waals surface area contributed by atoms with Crippen molar-refractivity contribution in [2.75, 3.05) is 33.5 Å². The lowest BCUT2D eigenvalue weighted by molar-refractivity contribution is 0.0690. The highest BCUT2D eigenvalue weighted by Gasteiger charge is 2.27. The molecule has 0 radical (unpaired) electrons. The van der Waals surface area contributed by atoms with E-state index < -0.39 is 83.7 Å². The van der Waals surface area contributed by atoms with Gasteiger partial charge in [0, 0.05) is 23.6 Å². The van der Waals surface area contributed by atoms with Crippen LogP contribution in [0.4, 0.5) is 38.5 Å². The van der Waals surface area contributed by atoms with E-state index in [1.54, 1.807) is 0 Å². The number of phenolic OH excluding ortho intramolecular Hbond substituents is 1. The van der Waals surface area contributed by atoms with Crippen LogP contribution in [0.15, 0.2) is 119 Å². The summed E-state index contributed by atoms with van der Waals surface area (Å²) >= 11 is 0. The number of phenols is 1. The summed E-state index contributed by atoms with van der Waals surface area (Å²) in [6.07, 6.45) is 0. The van der Waals surface area contributed by atoms with E-state index >= 15 is 0 Å². The summed E-state index contributed by atoms with van der Waals surface area (Å²) in [5.74, 6) is -4.47. The van der Waals surface area contributed by atoms with Crippen LogP contribution in [-0.4, -0.2) is 101 Å². The van der Waals surface area contributed by atoms with E-state index in [4.69, 9.17) is 14.2 Å². The SMILES string of the molecule is COc1ccc(/N=N/c2cc(OCCO)c(/N=N/c3c(S(=O)(=O)O)cc4cc(-n5nc(C(=O)O)c(/N=N/c6ccccc6F)c5O)ccc4c3O)cc2OCCO)c(S(=O)(=O)O)c1. The molecule has 6 rings (SSSR count). The maximum Gasteiger partial charge on any atom is 0.358 e. The normalized spacial score (nSPS) is 12.2. The fraction of sp³-hybridized carbons (Fsp3) is 0.135. The molecule has 63 heavy (non-hydrogen) atoms. The first-order valence-corrected chi connectivity index (χ1v) is 20.5. The van der Waals surface area contributed by atoms with Crippen molar-refractivity contribution >= 4 is 71.1 Å². The molecule has 0 unspecified atom stereocenters. The van der Waals surface area contributed by atoms with Crippen molar-refractivity contribution in [2.45, 2.75) is 9.79 Å². The standard InChI is InChI=1S/C37H31FN8O15S2/c1-59-21-7-9-25(30(16-21)62(53,54)55)40-41-26-17-29(61-13-11-48)27(18-28(26)60-12-10-47)42-43-32-31(63(56,57)58)15-19-14-20(6-8-22(19)35(32)49)46-36(50)33(34(45-46)37(51)52)44-39-24-5-3-2-4-23(24)38/h2-9,14-18,47-50H,10-13H2,1H3,(H,51,52)(H,53,54,55)(H,56,57,58)/b41-40+,43-42+,44-39+. The molecule has 0 atom stereocenters. The second kappa shape index (κ2) is 18.6. The van der Waals surface area contributed by atoms with Crippen LogP contribution in [0.3, 0.4) is 0 Å². The highest BCUT2D eigenvalue weighted by Crippen LogP contribution is 2.46. The number of aliphatic hydroxyl groups excluding tert-OH is 2. The number of aliphatic hydroxyl groups is 2. The Bertz CT molecular complexity index is 3070. The van der Waals surface area contributed by atoms with Gasteiger partial charge in [-0.05, 0) is 53.9 Å². The van der Waals surface area contributed by atoms with E-state index in [0.29, 0.717) is 4.68 Å². The number of carboxylic acid groups (broad SMARTS) is 1. The lowest BCUT2D eigenvalue weighted by atomic mass is 10.1. The fourth-order valence-corrected chi connectivity index (χ4v) is 6.87. The van der Waals surface area contributed by atoms with Gasteiger partial charge in [0.2, 0.25) is 11.6 Å². The number of methoxy groups -OCH3 is 1.